The number of hydrogen-bond acceptors (Lipinski definition) is 4. The van der Waals surface area contributed by atoms with E-state index in [0.717, 1.165) is 25.2 Å². The molecule has 2 heterocycles. The summed E-state index contributed by atoms with van der Waals surface area (Å²) in [5.74, 6) is 0.480. The number of hydrogen-bond donors (Lipinski definition) is 2. The topological polar surface area (TPSA) is 71.2 Å². The van der Waals surface area contributed by atoms with Gasteiger partial charge in [-0.15, -0.1) is 0 Å². The van der Waals surface area contributed by atoms with E-state index in [1.807, 2.05) is 54.9 Å². The van der Waals surface area contributed by atoms with Gasteiger partial charge in [0.25, 0.3) is 5.91 Å². The second-order valence-electron chi connectivity index (χ2n) is 7.25. The number of nitrogens with zero attached hydrogens (tertiary/aromatic N) is 2. The van der Waals surface area contributed by atoms with Gasteiger partial charge in [0.2, 0.25) is 0 Å². The number of aromatic nitrogens is 1. The van der Waals surface area contributed by atoms with E-state index >= 15 is 0 Å². The highest BCUT2D eigenvalue weighted by Crippen LogP contribution is 2.26. The molecule has 142 valence electrons. The summed E-state index contributed by atoms with van der Waals surface area (Å²) in [5, 5.41) is 2.87. The fourth-order valence-corrected chi connectivity index (χ4v) is 3.71. The molecule has 0 aliphatic carbocycles. The van der Waals surface area contributed by atoms with Gasteiger partial charge in [-0.25, -0.2) is 0 Å². The Hall–Kier alpha value is -3.34. The predicted molar refractivity (Wildman–Crippen MR) is 114 cm³/mol. The third kappa shape index (κ3) is 4.14. The molecule has 1 aliphatic heterocycles. The van der Waals surface area contributed by atoms with E-state index in [4.69, 9.17) is 5.73 Å². The van der Waals surface area contributed by atoms with Crippen molar-refractivity contribution < 1.29 is 4.79 Å². The molecule has 1 aliphatic rings. The maximum Gasteiger partial charge on any atom is 0.255 e. The quantitative estimate of drug-likeness (QED) is 0.665. The maximum atomic E-state index is 12.5. The minimum absolute atomic E-state index is 0.152. The van der Waals surface area contributed by atoms with Crippen LogP contribution in [0, 0.1) is 5.92 Å². The number of nitrogens with two attached hydrogens (primary N) is 1. The minimum Gasteiger partial charge on any atom is -0.397 e. The molecular formula is C23H24N4O. The SMILES string of the molecule is Nc1ccccc1NC(=O)c1ccc(N2CCC(Cc3cccnc3)C2)cc1. The first-order valence-electron chi connectivity index (χ1n) is 9.59. The van der Waals surface area contributed by atoms with E-state index in [2.05, 4.69) is 21.3 Å². The van der Waals surface area contributed by atoms with Gasteiger partial charge in [0.1, 0.15) is 0 Å². The molecule has 2 aromatic carbocycles. The molecule has 3 aromatic rings. The number of nitrogen functional groups attached to an aromatic ring is 1. The van der Waals surface area contributed by atoms with Crippen molar-refractivity contribution in [2.45, 2.75) is 12.8 Å². The second kappa shape index (κ2) is 8.13. The van der Waals surface area contributed by atoms with Gasteiger partial charge in [0.05, 0.1) is 11.4 Å². The number of nitrogens with one attached hydrogen (secondary N) is 1. The van der Waals surface area contributed by atoms with Crippen molar-refractivity contribution in [3.63, 3.8) is 0 Å². The second-order valence-corrected chi connectivity index (χ2v) is 7.25. The Labute approximate surface area is 165 Å². The van der Waals surface area contributed by atoms with Crippen LogP contribution in [0.25, 0.3) is 0 Å². The average Bonchev–Trinajstić information content (AvgIpc) is 3.19. The van der Waals surface area contributed by atoms with Crippen LogP contribution in [0.4, 0.5) is 17.1 Å². The number of rotatable bonds is 5. The normalized spacial score (nSPS) is 16.1. The Morgan fingerprint density at radius 3 is 2.68 bits per heavy atom. The molecule has 1 atom stereocenters. The van der Waals surface area contributed by atoms with Crippen LogP contribution in [-0.4, -0.2) is 24.0 Å². The molecular weight excluding hydrogens is 348 g/mol. The lowest BCUT2D eigenvalue weighted by atomic mass is 10.00. The van der Waals surface area contributed by atoms with E-state index < -0.39 is 0 Å². The van der Waals surface area contributed by atoms with Crippen LogP contribution >= 0.6 is 0 Å². The third-order valence-corrected chi connectivity index (χ3v) is 5.24. The largest absolute Gasteiger partial charge is 0.397 e. The Morgan fingerprint density at radius 2 is 1.93 bits per heavy atom. The zero-order valence-electron chi connectivity index (χ0n) is 15.7. The van der Waals surface area contributed by atoms with Crippen molar-refractivity contribution in [2.75, 3.05) is 29.0 Å². The number of anilines is 3. The number of amides is 1. The molecule has 28 heavy (non-hydrogen) atoms. The summed E-state index contributed by atoms with van der Waals surface area (Å²) in [5.41, 5.74) is 10.2. The molecule has 0 bridgehead atoms. The summed E-state index contributed by atoms with van der Waals surface area (Å²) >= 11 is 0. The molecule has 4 rings (SSSR count). The molecule has 1 aromatic heterocycles. The summed E-state index contributed by atoms with van der Waals surface area (Å²) < 4.78 is 0. The van der Waals surface area contributed by atoms with Crippen molar-refractivity contribution in [1.29, 1.82) is 0 Å². The lowest BCUT2D eigenvalue weighted by Gasteiger charge is -2.19. The average molecular weight is 372 g/mol. The van der Waals surface area contributed by atoms with E-state index in [0.29, 0.717) is 22.9 Å². The minimum atomic E-state index is -0.152. The van der Waals surface area contributed by atoms with Gasteiger partial charge in [-0.05, 0) is 66.8 Å². The fraction of sp³-hybridized carbons (Fsp3) is 0.217. The van der Waals surface area contributed by atoms with Gasteiger partial charge in [0.15, 0.2) is 0 Å². The van der Waals surface area contributed by atoms with Gasteiger partial charge < -0.3 is 16.0 Å². The monoisotopic (exact) mass is 372 g/mol. The summed E-state index contributed by atoms with van der Waals surface area (Å²) in [4.78, 5) is 19.1. The molecule has 1 fully saturated rings. The van der Waals surface area contributed by atoms with Crippen LogP contribution in [0.2, 0.25) is 0 Å². The first-order chi connectivity index (χ1) is 13.7. The lowest BCUT2D eigenvalue weighted by molar-refractivity contribution is 0.102. The van der Waals surface area contributed by atoms with Crippen molar-refractivity contribution in [3.05, 3.63) is 84.2 Å². The van der Waals surface area contributed by atoms with Gasteiger partial charge in [0, 0.05) is 36.7 Å². The Balaban J connectivity index is 1.37. The third-order valence-electron chi connectivity index (χ3n) is 5.24. The fourth-order valence-electron chi connectivity index (χ4n) is 3.71. The standard InChI is InChI=1S/C23H24N4O/c24-21-5-1-2-6-22(21)26-23(28)19-7-9-20(10-8-19)27-13-11-18(16-27)14-17-4-3-12-25-15-17/h1-10,12,15,18H,11,13-14,16,24H2,(H,26,28). The van der Waals surface area contributed by atoms with E-state index in [1.165, 1.54) is 12.0 Å². The van der Waals surface area contributed by atoms with Gasteiger partial charge in [-0.2, -0.15) is 0 Å². The summed E-state index contributed by atoms with van der Waals surface area (Å²) in [7, 11) is 0. The van der Waals surface area contributed by atoms with Crippen molar-refractivity contribution in [3.8, 4) is 0 Å². The molecule has 0 saturated carbocycles. The molecule has 3 N–H and O–H groups in total. The Bertz CT molecular complexity index is 940. The molecule has 1 amide bonds. The molecule has 0 spiro atoms. The van der Waals surface area contributed by atoms with Gasteiger partial charge in [-0.3, -0.25) is 9.78 Å². The maximum absolute atomic E-state index is 12.5. The molecule has 5 nitrogen and oxygen atoms in total. The van der Waals surface area contributed by atoms with Crippen LogP contribution in [0.15, 0.2) is 73.1 Å². The summed E-state index contributed by atoms with van der Waals surface area (Å²) in [6.07, 6.45) is 6.00. The first-order valence-corrected chi connectivity index (χ1v) is 9.59. The molecule has 0 radical (unpaired) electrons. The molecule has 1 saturated heterocycles. The number of carbonyl (C=O) groups excluding carboxylic acids is 1. The summed E-state index contributed by atoms with van der Waals surface area (Å²) in [6.45, 7) is 2.07. The molecule has 1 unspecified atom stereocenters. The zero-order valence-corrected chi connectivity index (χ0v) is 15.7. The zero-order chi connectivity index (χ0) is 19.3. The highest BCUT2D eigenvalue weighted by atomic mass is 16.1. The number of para-hydroxylation sites is 2. The van der Waals surface area contributed by atoms with E-state index in [9.17, 15) is 4.79 Å². The van der Waals surface area contributed by atoms with Gasteiger partial charge in [-0.1, -0.05) is 18.2 Å². The Kier molecular flexibility index (Phi) is 5.24. The first kappa shape index (κ1) is 18.0. The van der Waals surface area contributed by atoms with Crippen LogP contribution in [0.1, 0.15) is 22.3 Å². The highest BCUT2D eigenvalue weighted by Gasteiger charge is 2.23. The number of pyridine rings is 1. The smallest absolute Gasteiger partial charge is 0.255 e. The van der Waals surface area contributed by atoms with E-state index in [-0.39, 0.29) is 5.91 Å². The van der Waals surface area contributed by atoms with Crippen molar-refractivity contribution >= 4 is 23.0 Å². The predicted octanol–water partition coefficient (Wildman–Crippen LogP) is 3.99. The lowest BCUT2D eigenvalue weighted by Crippen LogP contribution is -2.20. The van der Waals surface area contributed by atoms with Crippen LogP contribution in [0.5, 0.6) is 0 Å². The molecule has 5 heteroatoms. The van der Waals surface area contributed by atoms with Crippen LogP contribution in [0.3, 0.4) is 0 Å². The van der Waals surface area contributed by atoms with Crippen molar-refractivity contribution in [2.24, 2.45) is 5.92 Å². The Morgan fingerprint density at radius 1 is 1.11 bits per heavy atom. The van der Waals surface area contributed by atoms with Crippen molar-refractivity contribution in [1.82, 2.24) is 4.98 Å². The highest BCUT2D eigenvalue weighted by molar-refractivity contribution is 6.05. The van der Waals surface area contributed by atoms with Crippen LogP contribution in [-0.2, 0) is 6.42 Å². The number of benzene rings is 2. The van der Waals surface area contributed by atoms with E-state index in [1.54, 1.807) is 12.1 Å². The van der Waals surface area contributed by atoms with Crippen LogP contribution < -0.4 is 16.0 Å². The summed E-state index contributed by atoms with van der Waals surface area (Å²) in [6, 6.07) is 19.2. The van der Waals surface area contributed by atoms with Gasteiger partial charge >= 0.3 is 0 Å². The number of carbonyl (C=O) groups is 1.